The zero-order valence-electron chi connectivity index (χ0n) is 14.7. The molecule has 2 aromatic carbocycles. The van der Waals surface area contributed by atoms with E-state index in [9.17, 15) is 0 Å². The van der Waals surface area contributed by atoms with Gasteiger partial charge in [0.25, 0.3) is 0 Å². The molecule has 0 atom stereocenters. The van der Waals surface area contributed by atoms with Crippen molar-refractivity contribution >= 4 is 28.1 Å². The van der Waals surface area contributed by atoms with E-state index >= 15 is 0 Å². The Morgan fingerprint density at radius 1 is 0.800 bits per heavy atom. The number of aryl methyl sites for hydroxylation is 2. The molecule has 0 spiro atoms. The van der Waals surface area contributed by atoms with E-state index in [-0.39, 0.29) is 7.43 Å². The first-order valence-electron chi connectivity index (χ1n) is 7.66. The van der Waals surface area contributed by atoms with Crippen molar-refractivity contribution in [2.24, 2.45) is 0 Å². The van der Waals surface area contributed by atoms with E-state index in [1.54, 1.807) is 0 Å². The monoisotopic (exact) mass is 461 g/mol. The molecule has 0 fully saturated rings. The average molecular weight is 462 g/mol. The van der Waals surface area contributed by atoms with Gasteiger partial charge in [0.1, 0.15) is 0 Å². The van der Waals surface area contributed by atoms with Crippen molar-refractivity contribution in [2.75, 3.05) is 0 Å². The summed E-state index contributed by atoms with van der Waals surface area (Å²) >= 11 is 2.22. The molecule has 0 aliphatic heterocycles. The Bertz CT molecular complexity index is 719. The zero-order valence-corrected chi connectivity index (χ0v) is 17.9. The van der Waals surface area contributed by atoms with Crippen LogP contribution in [0, 0.1) is 21.3 Å². The molecular formula is C21H23ClNPPd. The summed E-state index contributed by atoms with van der Waals surface area (Å²) in [5, 5.41) is 2.91. The molecule has 0 aliphatic rings. The Balaban J connectivity index is 0.00000101. The summed E-state index contributed by atoms with van der Waals surface area (Å²) in [6, 6.07) is 23.7. The molecule has 3 rings (SSSR count). The first-order chi connectivity index (χ1) is 11.8. The molecule has 0 bridgehead atoms. The molecular weight excluding hydrogens is 439 g/mol. The number of aromatic nitrogens is 1. The van der Waals surface area contributed by atoms with E-state index in [2.05, 4.69) is 107 Å². The summed E-state index contributed by atoms with van der Waals surface area (Å²) in [5.74, 6) is 0. The van der Waals surface area contributed by atoms with Gasteiger partial charge < -0.3 is 7.43 Å². The van der Waals surface area contributed by atoms with Crippen LogP contribution >= 0.6 is 17.5 Å². The molecule has 1 aromatic heterocycles. The van der Waals surface area contributed by atoms with E-state index < -0.39 is 7.92 Å². The van der Waals surface area contributed by atoms with Gasteiger partial charge in [0, 0.05) is 18.1 Å². The van der Waals surface area contributed by atoms with E-state index in [1.165, 1.54) is 27.4 Å². The van der Waals surface area contributed by atoms with Gasteiger partial charge in [0.05, 0.1) is 0 Å². The third-order valence-electron chi connectivity index (χ3n) is 3.86. The second kappa shape index (κ2) is 11.6. The van der Waals surface area contributed by atoms with Crippen LogP contribution in [0.3, 0.4) is 0 Å². The zero-order chi connectivity index (χ0) is 17.4. The van der Waals surface area contributed by atoms with Gasteiger partial charge >= 0.3 is 27.7 Å². The third-order valence-corrected chi connectivity index (χ3v) is 6.67. The van der Waals surface area contributed by atoms with Gasteiger partial charge in [-0.25, -0.2) is 0 Å². The Morgan fingerprint density at radius 3 is 1.72 bits per heavy atom. The van der Waals surface area contributed by atoms with Crippen molar-refractivity contribution < 1.29 is 18.2 Å². The summed E-state index contributed by atoms with van der Waals surface area (Å²) < 4.78 is 0. The third kappa shape index (κ3) is 6.02. The fraction of sp³-hybridized carbons (Fsp3) is 0.143. The maximum absolute atomic E-state index is 4.55. The summed E-state index contributed by atoms with van der Waals surface area (Å²) in [6.45, 7) is 4.42. The van der Waals surface area contributed by atoms with Crippen molar-refractivity contribution in [1.82, 2.24) is 4.98 Å². The summed E-state index contributed by atoms with van der Waals surface area (Å²) in [5.41, 5.74) is 3.90. The predicted octanol–water partition coefficient (Wildman–Crippen LogP) is 5.47. The predicted molar refractivity (Wildman–Crippen MR) is 109 cm³/mol. The van der Waals surface area contributed by atoms with Crippen LogP contribution in [-0.2, 0) is 24.3 Å². The van der Waals surface area contributed by atoms with Crippen LogP contribution in [-0.4, -0.2) is 4.98 Å². The number of nitrogens with zero attached hydrogens (tertiary/aromatic N) is 1. The van der Waals surface area contributed by atoms with Crippen LogP contribution in [0.1, 0.15) is 16.8 Å². The minimum absolute atomic E-state index is 0. The number of hydrogen-bond donors (Lipinski definition) is 0. The van der Waals surface area contributed by atoms with Gasteiger partial charge in [-0.2, -0.15) is 0 Å². The Hall–Kier alpha value is -1.03. The van der Waals surface area contributed by atoms with E-state index in [0.29, 0.717) is 0 Å². The van der Waals surface area contributed by atoms with Crippen LogP contribution in [0.4, 0.5) is 0 Å². The molecule has 0 unspecified atom stereocenters. The van der Waals surface area contributed by atoms with E-state index in [4.69, 9.17) is 0 Å². The normalized spacial score (nSPS) is 9.84. The quantitative estimate of drug-likeness (QED) is 0.285. The molecule has 0 radical (unpaired) electrons. The topological polar surface area (TPSA) is 12.9 Å². The van der Waals surface area contributed by atoms with E-state index in [1.807, 2.05) is 12.3 Å². The standard InChI is InChI=1S/C20H20NP.CH3.ClH.Pd/c1-16-9-3-5-12-19(16)22(15-18-11-7-8-14-21-18)20-13-6-4-10-17(20)2;;;/h3-14H,15H2,1-2H3;1H3;1H;/q;-1;;+2/p-1. The molecule has 0 aliphatic carbocycles. The van der Waals surface area contributed by atoms with E-state index in [0.717, 1.165) is 6.16 Å². The van der Waals surface area contributed by atoms with Crippen molar-refractivity contribution in [3.05, 3.63) is 97.2 Å². The van der Waals surface area contributed by atoms with Crippen molar-refractivity contribution in [3.63, 3.8) is 0 Å². The molecule has 134 valence electrons. The van der Waals surface area contributed by atoms with Crippen LogP contribution in [0.2, 0.25) is 0 Å². The van der Waals surface area contributed by atoms with Crippen LogP contribution in [0.5, 0.6) is 0 Å². The molecule has 3 aromatic rings. The Labute approximate surface area is 168 Å². The fourth-order valence-electron chi connectivity index (χ4n) is 2.69. The number of benzene rings is 2. The molecule has 0 saturated heterocycles. The Kier molecular flexibility index (Phi) is 10.2. The van der Waals surface area contributed by atoms with Gasteiger partial charge in [0.2, 0.25) is 0 Å². The SMILES string of the molecule is Cc1ccccc1P(Cc1ccccn1)c1ccccc1C.[CH3-].[Cl][Pd+]. The molecule has 1 nitrogen and oxygen atoms in total. The van der Waals surface area contributed by atoms with Gasteiger partial charge in [-0.15, -0.1) is 0 Å². The number of halogens is 1. The summed E-state index contributed by atoms with van der Waals surface area (Å²) in [4.78, 5) is 4.55. The van der Waals surface area contributed by atoms with Gasteiger partial charge in [0.15, 0.2) is 0 Å². The second-order valence-electron chi connectivity index (χ2n) is 5.48. The van der Waals surface area contributed by atoms with Gasteiger partial charge in [-0.3, -0.25) is 4.98 Å². The molecule has 4 heteroatoms. The van der Waals surface area contributed by atoms with Crippen LogP contribution in [0.25, 0.3) is 0 Å². The van der Waals surface area contributed by atoms with Crippen molar-refractivity contribution in [3.8, 4) is 0 Å². The number of pyridine rings is 1. The summed E-state index contributed by atoms with van der Waals surface area (Å²) in [6.07, 6.45) is 2.88. The average Bonchev–Trinajstić information content (AvgIpc) is 2.64. The second-order valence-corrected chi connectivity index (χ2v) is 7.62. The molecule has 25 heavy (non-hydrogen) atoms. The number of rotatable bonds is 4. The fourth-order valence-corrected chi connectivity index (χ4v) is 5.33. The summed E-state index contributed by atoms with van der Waals surface area (Å²) in [7, 11) is 4.06. The maximum atomic E-state index is 4.55. The molecule has 1 heterocycles. The first kappa shape index (κ1) is 22.0. The Morgan fingerprint density at radius 2 is 1.28 bits per heavy atom. The number of hydrogen-bond acceptors (Lipinski definition) is 1. The minimum atomic E-state index is -0.431. The van der Waals surface area contributed by atoms with Crippen LogP contribution < -0.4 is 10.6 Å². The van der Waals surface area contributed by atoms with Crippen molar-refractivity contribution in [2.45, 2.75) is 20.0 Å². The van der Waals surface area contributed by atoms with Crippen molar-refractivity contribution in [1.29, 1.82) is 0 Å². The molecule has 0 N–H and O–H groups in total. The molecule has 0 saturated carbocycles. The van der Waals surface area contributed by atoms with Gasteiger partial charge in [-0.1, -0.05) is 54.6 Å². The first-order valence-corrected chi connectivity index (χ1v) is 11.2. The molecule has 0 amide bonds. The van der Waals surface area contributed by atoms with Gasteiger partial charge in [-0.05, 0) is 55.6 Å². The van der Waals surface area contributed by atoms with Crippen LogP contribution in [0.15, 0.2) is 72.9 Å².